The van der Waals surface area contributed by atoms with Gasteiger partial charge in [0.2, 0.25) is 30.1 Å². The predicted octanol–water partition coefficient (Wildman–Crippen LogP) is 10.5. The van der Waals surface area contributed by atoms with Crippen molar-refractivity contribution in [3.63, 3.8) is 0 Å². The fraction of sp³-hybridized carbons (Fsp3) is 0.397. The molecule has 113 heavy (non-hydrogen) atoms. The van der Waals surface area contributed by atoms with Gasteiger partial charge < -0.3 is 35.6 Å². The molecule has 5 aliphatic rings. The minimum absolute atomic E-state index is 0. The maximum absolute atomic E-state index is 13.8. The maximum Gasteiger partial charge on any atom is 0.260 e. The van der Waals surface area contributed by atoms with Crippen LogP contribution in [0, 0.1) is 70.1 Å². The Labute approximate surface area is 693 Å². The highest BCUT2D eigenvalue weighted by molar-refractivity contribution is 9.11. The molecule has 0 saturated carbocycles. The number of piperazine rings is 3. The van der Waals surface area contributed by atoms with Gasteiger partial charge in [0.25, 0.3) is 20.0 Å². The second-order valence-corrected chi connectivity index (χ2v) is 38.1. The molecule has 0 radical (unpaired) electrons. The lowest BCUT2D eigenvalue weighted by Gasteiger charge is -2.36. The number of piperidine rings is 2. The monoisotopic (exact) mass is 1830 g/mol. The van der Waals surface area contributed by atoms with E-state index < -0.39 is 50.1 Å². The van der Waals surface area contributed by atoms with Crippen LogP contribution >= 0.6 is 47.8 Å². The summed E-state index contributed by atoms with van der Waals surface area (Å²) in [5, 5.41) is 37.7. The molecule has 35 heteroatoms. The number of hydrogen-bond acceptors (Lipinski definition) is 22. The number of nitriles is 2. The van der Waals surface area contributed by atoms with Crippen molar-refractivity contribution in [3.8, 4) is 12.1 Å². The summed E-state index contributed by atoms with van der Waals surface area (Å²) >= 11 is 9.97. The Bertz CT molecular complexity index is 5270. The zero-order valence-electron chi connectivity index (χ0n) is 62.7. The van der Waals surface area contributed by atoms with Crippen LogP contribution in [-0.4, -0.2) is 176 Å². The molecule has 0 atom stereocenters. The van der Waals surface area contributed by atoms with Gasteiger partial charge in [0, 0.05) is 116 Å². The number of benzene rings is 5. The molecule has 8 heterocycles. The lowest BCUT2D eigenvalue weighted by molar-refractivity contribution is 0.380. The summed E-state index contributed by atoms with van der Waals surface area (Å²) in [7, 11) is -19.0. The van der Waals surface area contributed by atoms with Crippen LogP contribution in [0.3, 0.4) is 0 Å². The number of anilines is 5. The Balaban J connectivity index is 0.000000214. The van der Waals surface area contributed by atoms with Gasteiger partial charge in [-0.25, -0.2) is 72.5 Å². The van der Waals surface area contributed by atoms with E-state index in [1.54, 1.807) is 74.5 Å². The maximum atomic E-state index is 13.8. The predicted molar refractivity (Wildman–Crippen MR) is 459 cm³/mol. The Morgan fingerprint density at radius 2 is 0.699 bits per heavy atom. The number of nitrogens with zero attached hydrogens (tertiary/aromatic N) is 12. The van der Waals surface area contributed by atoms with E-state index in [2.05, 4.69) is 91.1 Å². The van der Waals surface area contributed by atoms with E-state index in [0.717, 1.165) is 121 Å². The molecule has 13 rings (SSSR count). The summed E-state index contributed by atoms with van der Waals surface area (Å²) in [6.07, 6.45) is 4.58. The quantitative estimate of drug-likeness (QED) is 0.0631. The van der Waals surface area contributed by atoms with Crippen LogP contribution in [-0.2, 0) is 56.5 Å². The molecule has 5 aliphatic heterocycles. The van der Waals surface area contributed by atoms with E-state index in [0.29, 0.717) is 82.9 Å². The fourth-order valence-corrected chi connectivity index (χ4v) is 20.4. The standard InChI is InChI=1S/C30H36N6O4S2.C17H21BrN4O4S2.C12H15N3.C10H15N3O2S.C7H7Br2N.2CH4/c1-22-19-23(2)30(33-26(22)20-24-11-13-34(14-12-24)27-8-4-3-7-25(27)21-31)42(39,40)36-17-15-35(16-18-36)28-9-5-6-10-29(28)41(32,37)38;1-12-11-13(2)17(20-16(12)18)28(25,26)22-9-7-21(8-10-22)14-5-3-4-6-15(14)27(19,23)24;13-9-10-3-1-2-4-12(10)15-7-5-11(14)6-8-15;11-16(14,15)10-4-2-1-3-9(10)13-7-5-12-6-8-13;1-4-3-5(2)7(9)10-6(4)8;;/h3-10,19,24H,11-18,20H2,1-2H3,(H2,32,37,38);3-6,11H,7-10H2,1-2H3,(H2,19,23,24);1-4,11H,5-8,14H2;1-4,12H,5-8H2,(H2,11,14,15);3H,1-2H3;2*1H4. The number of para-hydroxylation sites is 5. The van der Waals surface area contributed by atoms with Gasteiger partial charge in [-0.2, -0.15) is 19.1 Å². The van der Waals surface area contributed by atoms with E-state index in [1.165, 1.54) is 31.9 Å². The summed E-state index contributed by atoms with van der Waals surface area (Å²) in [6, 6.07) is 45.8. The van der Waals surface area contributed by atoms with Gasteiger partial charge in [0.05, 0.1) is 39.6 Å². The van der Waals surface area contributed by atoms with Gasteiger partial charge in [0.1, 0.15) is 40.6 Å². The number of rotatable bonds is 14. The lowest BCUT2D eigenvalue weighted by Crippen LogP contribution is -2.49. The van der Waals surface area contributed by atoms with Crippen molar-refractivity contribution in [2.75, 3.05) is 129 Å². The molecule has 8 aromatic rings. The van der Waals surface area contributed by atoms with Crippen LogP contribution in [0.5, 0.6) is 0 Å². The number of hydrogen-bond donors (Lipinski definition) is 5. The first-order valence-corrected chi connectivity index (χ1v) is 45.9. The summed E-state index contributed by atoms with van der Waals surface area (Å²) in [5.41, 5.74) is 17.1. The average molecular weight is 1840 g/mol. The number of pyridine rings is 3. The Morgan fingerprint density at radius 3 is 1.06 bits per heavy atom. The van der Waals surface area contributed by atoms with Gasteiger partial charge in [-0.15, -0.1) is 0 Å². The molecule has 9 N–H and O–H groups in total. The molecule has 0 bridgehead atoms. The first kappa shape index (κ1) is 92.6. The molecule has 5 aromatic carbocycles. The number of nitrogens with two attached hydrogens (primary N) is 4. The van der Waals surface area contributed by atoms with Crippen LogP contribution in [0.25, 0.3) is 0 Å². The molecule has 0 unspecified atom stereocenters. The summed E-state index contributed by atoms with van der Waals surface area (Å²) in [6.45, 7) is 20.5. The highest BCUT2D eigenvalue weighted by Gasteiger charge is 2.36. The van der Waals surface area contributed by atoms with Crippen molar-refractivity contribution in [1.82, 2.24) is 28.9 Å². The zero-order valence-corrected chi connectivity index (χ0v) is 71.6. The van der Waals surface area contributed by atoms with Crippen molar-refractivity contribution < 1.29 is 42.1 Å². The molecular weight excluding hydrogens is 1740 g/mol. The molecule has 0 spiro atoms. The largest absolute Gasteiger partial charge is 0.370 e. The Kier molecular flexibility index (Phi) is 33.5. The molecule has 0 aliphatic carbocycles. The topological polar surface area (TPSA) is 396 Å². The van der Waals surface area contributed by atoms with Crippen molar-refractivity contribution in [1.29, 1.82) is 10.5 Å². The highest BCUT2D eigenvalue weighted by atomic mass is 79.9. The van der Waals surface area contributed by atoms with Crippen LogP contribution < -0.4 is 51.0 Å². The summed E-state index contributed by atoms with van der Waals surface area (Å²) in [5.74, 6) is 0.363. The molecule has 27 nitrogen and oxygen atoms in total. The number of nitrogens with one attached hydrogen (secondary N) is 1. The van der Waals surface area contributed by atoms with Gasteiger partial charge in [-0.1, -0.05) is 93.7 Å². The third kappa shape index (κ3) is 24.1. The number of sulfonamides is 5. The Morgan fingerprint density at radius 1 is 0.398 bits per heavy atom. The number of aromatic nitrogens is 3. The molecule has 5 fully saturated rings. The number of primary sulfonamides is 3. The lowest BCUT2D eigenvalue weighted by atomic mass is 9.90. The first-order chi connectivity index (χ1) is 52.5. The number of halogens is 3. The second-order valence-electron chi connectivity index (χ2n) is 27.6. The highest BCUT2D eigenvalue weighted by Crippen LogP contribution is 2.34. The fourth-order valence-electron chi connectivity index (χ4n) is 13.8. The van der Waals surface area contributed by atoms with Crippen LogP contribution in [0.4, 0.5) is 28.4 Å². The van der Waals surface area contributed by atoms with E-state index in [4.69, 9.17) is 31.4 Å². The third-order valence-corrected chi connectivity index (χ3v) is 28.9. The van der Waals surface area contributed by atoms with Crippen LogP contribution in [0.2, 0.25) is 0 Å². The van der Waals surface area contributed by atoms with E-state index >= 15 is 0 Å². The zero-order chi connectivity index (χ0) is 80.8. The minimum Gasteiger partial charge on any atom is -0.370 e. The summed E-state index contributed by atoms with van der Waals surface area (Å²) < 4.78 is 129. The molecule has 0 amide bonds. The van der Waals surface area contributed by atoms with E-state index in [9.17, 15) is 47.4 Å². The number of aryl methyl sites for hydroxylation is 6. The van der Waals surface area contributed by atoms with Gasteiger partial charge in [-0.05, 0) is 221 Å². The normalized spacial score (nSPS) is 16.2. The van der Waals surface area contributed by atoms with Crippen molar-refractivity contribution in [2.45, 2.75) is 119 Å². The van der Waals surface area contributed by atoms with Gasteiger partial charge in [0.15, 0.2) is 10.1 Å². The SMILES string of the molecule is C.C.Cc1cc(C)c(Br)nc1Br.Cc1cc(C)c(S(=O)(=O)N2CCN(c3ccccc3S(N)(=O)=O)CC2)nc1Br.Cc1cc(C)c(S(=O)(=O)N2CCN(c3ccccc3S(N)(=O)=O)CC2)nc1CC1CCN(c2ccccc2C#N)CC1.N#Cc1ccccc1N1CCC(N)CC1.NS(=O)(=O)c1ccccc1N1CCNCC1. The Hall–Kier alpha value is -7.56. The molecule has 3 aromatic heterocycles. The second kappa shape index (κ2) is 40.8. The van der Waals surface area contributed by atoms with E-state index in [1.807, 2.05) is 103 Å². The molecule has 610 valence electrons. The average Bonchev–Trinajstić information content (AvgIpc) is 0.776. The van der Waals surface area contributed by atoms with Crippen molar-refractivity contribution >= 4 is 126 Å². The van der Waals surface area contributed by atoms with Gasteiger partial charge in [-0.3, -0.25) is 0 Å². The van der Waals surface area contributed by atoms with Crippen molar-refractivity contribution in [2.24, 2.45) is 27.1 Å². The van der Waals surface area contributed by atoms with Gasteiger partial charge >= 0.3 is 0 Å². The van der Waals surface area contributed by atoms with Crippen LogP contribution in [0.1, 0.15) is 90.7 Å². The van der Waals surface area contributed by atoms with Crippen molar-refractivity contribution in [3.05, 3.63) is 204 Å². The smallest absolute Gasteiger partial charge is 0.260 e. The third-order valence-electron chi connectivity index (χ3n) is 19.7. The van der Waals surface area contributed by atoms with Crippen LogP contribution in [0.15, 0.2) is 178 Å². The van der Waals surface area contributed by atoms with E-state index in [-0.39, 0.29) is 65.8 Å². The molecule has 5 saturated heterocycles. The summed E-state index contributed by atoms with van der Waals surface area (Å²) in [4.78, 5) is 23.7. The minimum atomic E-state index is -3.91. The molecular formula is C78H102Br3N17O10S5. The first-order valence-electron chi connectivity index (χ1n) is 36.0.